The molecule has 0 bridgehead atoms. The molecule has 1 aliphatic heterocycles. The second-order valence-electron chi connectivity index (χ2n) is 6.57. The Kier molecular flexibility index (Phi) is 6.04. The summed E-state index contributed by atoms with van der Waals surface area (Å²) in [6.07, 6.45) is 3.01. The van der Waals surface area contributed by atoms with E-state index in [0.717, 1.165) is 69.1 Å². The van der Waals surface area contributed by atoms with Crippen LogP contribution >= 0.6 is 0 Å². The molecule has 6 nitrogen and oxygen atoms in total. The van der Waals surface area contributed by atoms with Gasteiger partial charge in [-0.1, -0.05) is 13.3 Å². The summed E-state index contributed by atoms with van der Waals surface area (Å²) in [5.41, 5.74) is 2.17. The quantitative estimate of drug-likeness (QED) is 0.772. The number of aromatic nitrogens is 1. The SMILES string of the molecule is CCCCc1nc2cc(C(=O)N(C)CCN3CCOCC3)ccc2o1. The summed E-state index contributed by atoms with van der Waals surface area (Å²) in [6, 6.07) is 5.51. The van der Waals surface area contributed by atoms with E-state index < -0.39 is 0 Å². The van der Waals surface area contributed by atoms with Gasteiger partial charge in [0, 0.05) is 45.2 Å². The number of ether oxygens (including phenoxy) is 1. The maximum Gasteiger partial charge on any atom is 0.253 e. The van der Waals surface area contributed by atoms with Crippen molar-refractivity contribution in [1.29, 1.82) is 0 Å². The summed E-state index contributed by atoms with van der Waals surface area (Å²) < 4.78 is 11.1. The minimum absolute atomic E-state index is 0.0215. The number of amides is 1. The maximum atomic E-state index is 12.7. The second kappa shape index (κ2) is 8.45. The van der Waals surface area contributed by atoms with Gasteiger partial charge in [-0.25, -0.2) is 4.98 Å². The molecule has 25 heavy (non-hydrogen) atoms. The van der Waals surface area contributed by atoms with Gasteiger partial charge in [0.2, 0.25) is 0 Å². The van der Waals surface area contributed by atoms with Gasteiger partial charge in [0.05, 0.1) is 13.2 Å². The summed E-state index contributed by atoms with van der Waals surface area (Å²) in [5, 5.41) is 0. The van der Waals surface area contributed by atoms with Crippen LogP contribution in [-0.4, -0.2) is 67.1 Å². The van der Waals surface area contributed by atoms with Crippen molar-refractivity contribution in [2.24, 2.45) is 0 Å². The molecule has 1 aromatic heterocycles. The predicted octanol–water partition coefficient (Wildman–Crippen LogP) is 2.57. The molecule has 0 aliphatic carbocycles. The minimum atomic E-state index is 0.0215. The lowest BCUT2D eigenvalue weighted by Crippen LogP contribution is -2.41. The number of carbonyl (C=O) groups excluding carboxylic acids is 1. The van der Waals surface area contributed by atoms with Crippen LogP contribution in [-0.2, 0) is 11.2 Å². The Bertz CT molecular complexity index is 707. The van der Waals surface area contributed by atoms with Crippen molar-refractivity contribution in [1.82, 2.24) is 14.8 Å². The number of oxazole rings is 1. The van der Waals surface area contributed by atoms with Crippen molar-refractivity contribution in [2.45, 2.75) is 26.2 Å². The lowest BCUT2D eigenvalue weighted by molar-refractivity contribution is 0.0338. The molecule has 0 radical (unpaired) electrons. The molecular formula is C19H27N3O3. The van der Waals surface area contributed by atoms with Gasteiger partial charge in [0.15, 0.2) is 11.5 Å². The van der Waals surface area contributed by atoms with E-state index in [1.54, 1.807) is 4.90 Å². The van der Waals surface area contributed by atoms with Crippen LogP contribution in [0.2, 0.25) is 0 Å². The van der Waals surface area contributed by atoms with E-state index in [2.05, 4.69) is 16.8 Å². The van der Waals surface area contributed by atoms with Crippen LogP contribution in [0.1, 0.15) is 36.0 Å². The Labute approximate surface area is 148 Å². The highest BCUT2D eigenvalue weighted by Gasteiger charge is 2.16. The second-order valence-corrected chi connectivity index (χ2v) is 6.57. The van der Waals surface area contributed by atoms with Gasteiger partial charge in [0.1, 0.15) is 5.52 Å². The van der Waals surface area contributed by atoms with Crippen LogP contribution in [0.4, 0.5) is 0 Å². The topological polar surface area (TPSA) is 58.8 Å². The average Bonchev–Trinajstić information content (AvgIpc) is 3.06. The number of benzene rings is 1. The summed E-state index contributed by atoms with van der Waals surface area (Å²) in [5.74, 6) is 0.774. The van der Waals surface area contributed by atoms with Crippen LogP contribution in [0.3, 0.4) is 0 Å². The molecule has 0 unspecified atom stereocenters. The first-order valence-corrected chi connectivity index (χ1v) is 9.12. The number of hydrogen-bond donors (Lipinski definition) is 0. The van der Waals surface area contributed by atoms with Crippen molar-refractivity contribution in [3.63, 3.8) is 0 Å². The molecule has 0 saturated carbocycles. The number of fused-ring (bicyclic) bond motifs is 1. The molecular weight excluding hydrogens is 318 g/mol. The third-order valence-corrected chi connectivity index (χ3v) is 4.63. The monoisotopic (exact) mass is 345 g/mol. The molecule has 136 valence electrons. The van der Waals surface area contributed by atoms with E-state index in [0.29, 0.717) is 12.1 Å². The largest absolute Gasteiger partial charge is 0.441 e. The first-order chi connectivity index (χ1) is 12.2. The van der Waals surface area contributed by atoms with Crippen LogP contribution < -0.4 is 0 Å². The summed E-state index contributed by atoms with van der Waals surface area (Å²) in [6.45, 7) is 7.16. The van der Waals surface area contributed by atoms with E-state index >= 15 is 0 Å². The molecule has 1 aromatic carbocycles. The van der Waals surface area contributed by atoms with E-state index in [-0.39, 0.29) is 5.91 Å². The molecule has 3 rings (SSSR count). The number of aryl methyl sites for hydroxylation is 1. The third-order valence-electron chi connectivity index (χ3n) is 4.63. The van der Waals surface area contributed by atoms with Gasteiger partial charge >= 0.3 is 0 Å². The first-order valence-electron chi connectivity index (χ1n) is 9.12. The molecule has 6 heteroatoms. The van der Waals surface area contributed by atoms with Crippen molar-refractivity contribution >= 4 is 17.0 Å². The Hall–Kier alpha value is -1.92. The van der Waals surface area contributed by atoms with Crippen molar-refractivity contribution in [3.8, 4) is 0 Å². The Morgan fingerprint density at radius 1 is 1.32 bits per heavy atom. The molecule has 2 heterocycles. The minimum Gasteiger partial charge on any atom is -0.441 e. The molecule has 1 amide bonds. The number of rotatable bonds is 7. The highest BCUT2D eigenvalue weighted by molar-refractivity contribution is 5.97. The maximum absolute atomic E-state index is 12.7. The van der Waals surface area contributed by atoms with Crippen molar-refractivity contribution < 1.29 is 13.9 Å². The average molecular weight is 345 g/mol. The summed E-state index contributed by atoms with van der Waals surface area (Å²) >= 11 is 0. The molecule has 2 aromatic rings. The zero-order valence-corrected chi connectivity index (χ0v) is 15.2. The molecule has 1 fully saturated rings. The number of hydrogen-bond acceptors (Lipinski definition) is 5. The predicted molar refractivity (Wildman–Crippen MR) is 96.8 cm³/mol. The highest BCUT2D eigenvalue weighted by atomic mass is 16.5. The fourth-order valence-electron chi connectivity index (χ4n) is 2.98. The molecule has 0 atom stereocenters. The fraction of sp³-hybridized carbons (Fsp3) is 0.579. The first kappa shape index (κ1) is 17.9. The van der Waals surface area contributed by atoms with Crippen LogP contribution in [0.5, 0.6) is 0 Å². The van der Waals surface area contributed by atoms with Gasteiger partial charge in [-0.3, -0.25) is 9.69 Å². The van der Waals surface area contributed by atoms with Crippen LogP contribution in [0.25, 0.3) is 11.1 Å². The third kappa shape index (κ3) is 4.58. The smallest absolute Gasteiger partial charge is 0.253 e. The van der Waals surface area contributed by atoms with E-state index in [9.17, 15) is 4.79 Å². The lowest BCUT2D eigenvalue weighted by atomic mass is 10.2. The molecule has 1 aliphatic rings. The van der Waals surface area contributed by atoms with Gasteiger partial charge in [0.25, 0.3) is 5.91 Å². The van der Waals surface area contributed by atoms with Gasteiger partial charge in [-0.2, -0.15) is 0 Å². The summed E-state index contributed by atoms with van der Waals surface area (Å²) in [4.78, 5) is 21.3. The zero-order chi connectivity index (χ0) is 17.6. The Morgan fingerprint density at radius 3 is 2.88 bits per heavy atom. The van der Waals surface area contributed by atoms with Crippen molar-refractivity contribution in [2.75, 3.05) is 46.4 Å². The summed E-state index contributed by atoms with van der Waals surface area (Å²) in [7, 11) is 1.85. The van der Waals surface area contributed by atoms with Crippen molar-refractivity contribution in [3.05, 3.63) is 29.7 Å². The Morgan fingerprint density at radius 2 is 2.12 bits per heavy atom. The van der Waals surface area contributed by atoms with Gasteiger partial charge < -0.3 is 14.1 Å². The molecule has 0 spiro atoms. The molecule has 0 N–H and O–H groups in total. The van der Waals surface area contributed by atoms with Crippen LogP contribution in [0, 0.1) is 0 Å². The van der Waals surface area contributed by atoms with Crippen LogP contribution in [0.15, 0.2) is 22.6 Å². The normalized spacial score (nSPS) is 15.6. The fourth-order valence-corrected chi connectivity index (χ4v) is 2.98. The number of carbonyl (C=O) groups is 1. The van der Waals surface area contributed by atoms with Gasteiger partial charge in [-0.15, -0.1) is 0 Å². The number of morpholine rings is 1. The number of likely N-dealkylation sites (N-methyl/N-ethyl adjacent to an activating group) is 1. The van der Waals surface area contributed by atoms with E-state index in [1.165, 1.54) is 0 Å². The van der Waals surface area contributed by atoms with E-state index in [1.807, 2.05) is 25.2 Å². The zero-order valence-electron chi connectivity index (χ0n) is 15.2. The van der Waals surface area contributed by atoms with Gasteiger partial charge in [-0.05, 0) is 24.6 Å². The Balaban J connectivity index is 1.62. The van der Waals surface area contributed by atoms with E-state index in [4.69, 9.17) is 9.15 Å². The number of unbranched alkanes of at least 4 members (excludes halogenated alkanes) is 1. The lowest BCUT2D eigenvalue weighted by Gasteiger charge is -2.28. The highest BCUT2D eigenvalue weighted by Crippen LogP contribution is 2.19. The standard InChI is InChI=1S/C19H27N3O3/c1-3-4-5-18-20-16-14-15(6-7-17(16)25-18)19(23)21(2)8-9-22-10-12-24-13-11-22/h6-7,14H,3-5,8-13H2,1-2H3. The molecule has 1 saturated heterocycles. The number of nitrogens with zero attached hydrogens (tertiary/aromatic N) is 3.